The topological polar surface area (TPSA) is 38.3 Å². The van der Waals surface area contributed by atoms with Gasteiger partial charge in [0.25, 0.3) is 0 Å². The summed E-state index contributed by atoms with van der Waals surface area (Å²) in [6.45, 7) is 5.12. The molecule has 1 atom stereocenters. The van der Waals surface area contributed by atoms with Crippen LogP contribution in [-0.4, -0.2) is 19.6 Å². The number of methoxy groups -OCH3 is 1. The van der Waals surface area contributed by atoms with Gasteiger partial charge in [0.05, 0.1) is 7.11 Å². The highest BCUT2D eigenvalue weighted by molar-refractivity contribution is 5.83. The molecule has 1 aromatic carbocycles. The molecule has 0 aliphatic heterocycles. The second-order valence-electron chi connectivity index (χ2n) is 6.04. The van der Waals surface area contributed by atoms with Crippen LogP contribution in [0.4, 0.5) is 0 Å². The van der Waals surface area contributed by atoms with Crippen LogP contribution >= 0.6 is 0 Å². The van der Waals surface area contributed by atoms with E-state index < -0.39 is 5.54 Å². The van der Waals surface area contributed by atoms with Crippen LogP contribution < -0.4 is 5.32 Å². The maximum Gasteiger partial charge on any atom is 0.330 e. The molecule has 1 aromatic rings. The van der Waals surface area contributed by atoms with Crippen LogP contribution in [0.5, 0.6) is 0 Å². The minimum absolute atomic E-state index is 0.160. The zero-order valence-electron chi connectivity index (χ0n) is 12.7. The first-order valence-corrected chi connectivity index (χ1v) is 7.52. The molecule has 2 rings (SSSR count). The van der Waals surface area contributed by atoms with Gasteiger partial charge in [0.2, 0.25) is 0 Å². The van der Waals surface area contributed by atoms with Gasteiger partial charge in [-0.1, -0.05) is 44.5 Å². The van der Waals surface area contributed by atoms with Crippen LogP contribution in [0.25, 0.3) is 0 Å². The smallest absolute Gasteiger partial charge is 0.330 e. The third-order valence-electron chi connectivity index (χ3n) is 4.07. The molecule has 3 heteroatoms. The third kappa shape index (κ3) is 2.88. The number of ether oxygens (including phenoxy) is 1. The SMILES string of the molecule is COC(=O)C1(NCC(C)C)CCCCc2ccccc21. The number of fused-ring (bicyclic) bond motifs is 1. The van der Waals surface area contributed by atoms with E-state index in [1.54, 1.807) is 0 Å². The summed E-state index contributed by atoms with van der Waals surface area (Å²) in [4.78, 5) is 12.5. The quantitative estimate of drug-likeness (QED) is 0.678. The molecule has 20 heavy (non-hydrogen) atoms. The van der Waals surface area contributed by atoms with E-state index >= 15 is 0 Å². The summed E-state index contributed by atoms with van der Waals surface area (Å²) in [6.07, 6.45) is 4.01. The Labute approximate surface area is 121 Å². The summed E-state index contributed by atoms with van der Waals surface area (Å²) in [7, 11) is 1.48. The average molecular weight is 275 g/mol. The summed E-state index contributed by atoms with van der Waals surface area (Å²) in [5.41, 5.74) is 1.70. The molecule has 110 valence electrons. The number of hydrogen-bond donors (Lipinski definition) is 1. The normalized spacial score (nSPS) is 22.2. The summed E-state index contributed by atoms with van der Waals surface area (Å²) in [6, 6.07) is 8.27. The molecule has 0 heterocycles. The van der Waals surface area contributed by atoms with Crippen molar-refractivity contribution in [2.75, 3.05) is 13.7 Å². The lowest BCUT2D eigenvalue weighted by molar-refractivity contribution is -0.149. The third-order valence-corrected chi connectivity index (χ3v) is 4.07. The van der Waals surface area contributed by atoms with Crippen LogP contribution in [0, 0.1) is 5.92 Å². The fourth-order valence-electron chi connectivity index (χ4n) is 3.02. The first-order valence-electron chi connectivity index (χ1n) is 7.52. The van der Waals surface area contributed by atoms with Gasteiger partial charge in [-0.25, -0.2) is 4.79 Å². The molecular weight excluding hydrogens is 250 g/mol. The Hall–Kier alpha value is -1.35. The van der Waals surface area contributed by atoms with Crippen molar-refractivity contribution in [1.29, 1.82) is 0 Å². The number of aryl methyl sites for hydroxylation is 1. The summed E-state index contributed by atoms with van der Waals surface area (Å²) in [5.74, 6) is 0.333. The van der Waals surface area contributed by atoms with Gasteiger partial charge >= 0.3 is 5.97 Å². The monoisotopic (exact) mass is 275 g/mol. The first kappa shape index (κ1) is 15.0. The lowest BCUT2D eigenvalue weighted by atomic mass is 9.84. The van der Waals surface area contributed by atoms with Crippen molar-refractivity contribution in [3.8, 4) is 0 Å². The molecule has 0 fully saturated rings. The van der Waals surface area contributed by atoms with E-state index in [-0.39, 0.29) is 5.97 Å². The van der Waals surface area contributed by atoms with E-state index in [4.69, 9.17) is 4.74 Å². The standard InChI is InChI=1S/C17H25NO2/c1-13(2)12-18-17(16(19)20-3)11-7-6-9-14-8-4-5-10-15(14)17/h4-5,8,10,13,18H,6-7,9,11-12H2,1-3H3. The minimum Gasteiger partial charge on any atom is -0.467 e. The van der Waals surface area contributed by atoms with E-state index in [2.05, 4.69) is 37.4 Å². The van der Waals surface area contributed by atoms with Crippen molar-refractivity contribution in [3.63, 3.8) is 0 Å². The Kier molecular flexibility index (Phi) is 4.81. The molecule has 0 radical (unpaired) electrons. The Balaban J connectivity index is 2.46. The van der Waals surface area contributed by atoms with Crippen LogP contribution in [0.2, 0.25) is 0 Å². The highest BCUT2D eigenvalue weighted by atomic mass is 16.5. The minimum atomic E-state index is -0.674. The van der Waals surface area contributed by atoms with E-state index in [9.17, 15) is 4.79 Å². The van der Waals surface area contributed by atoms with Gasteiger partial charge in [0, 0.05) is 0 Å². The molecule has 0 spiro atoms. The number of benzene rings is 1. The van der Waals surface area contributed by atoms with Crippen LogP contribution in [0.15, 0.2) is 24.3 Å². The molecule has 0 bridgehead atoms. The Morgan fingerprint density at radius 2 is 2.10 bits per heavy atom. The average Bonchev–Trinajstić information content (AvgIpc) is 2.65. The van der Waals surface area contributed by atoms with Crippen LogP contribution in [0.1, 0.15) is 44.2 Å². The number of carbonyl (C=O) groups excluding carboxylic acids is 1. The maximum absolute atomic E-state index is 12.5. The molecule has 0 amide bonds. The first-order chi connectivity index (χ1) is 9.60. The van der Waals surface area contributed by atoms with Crippen molar-refractivity contribution < 1.29 is 9.53 Å². The molecule has 1 aliphatic rings. The molecule has 1 aliphatic carbocycles. The van der Waals surface area contributed by atoms with E-state index in [0.29, 0.717) is 5.92 Å². The summed E-state index contributed by atoms with van der Waals surface area (Å²) >= 11 is 0. The molecule has 1 unspecified atom stereocenters. The van der Waals surface area contributed by atoms with Crippen molar-refractivity contribution >= 4 is 5.97 Å². The summed E-state index contributed by atoms with van der Waals surface area (Å²) in [5, 5.41) is 3.51. The van der Waals surface area contributed by atoms with Gasteiger partial charge in [-0.3, -0.25) is 5.32 Å². The van der Waals surface area contributed by atoms with Crippen LogP contribution in [-0.2, 0) is 21.5 Å². The van der Waals surface area contributed by atoms with Gasteiger partial charge in [0.1, 0.15) is 5.54 Å². The number of hydrogen-bond acceptors (Lipinski definition) is 3. The Bertz CT molecular complexity index is 470. The van der Waals surface area contributed by atoms with Gasteiger partial charge < -0.3 is 4.74 Å². The Morgan fingerprint density at radius 3 is 2.80 bits per heavy atom. The van der Waals surface area contributed by atoms with Crippen LogP contribution in [0.3, 0.4) is 0 Å². The lowest BCUT2D eigenvalue weighted by Crippen LogP contribution is -2.51. The predicted octanol–water partition coefficient (Wildman–Crippen LogP) is 3.03. The molecule has 0 saturated carbocycles. The number of carbonyl (C=O) groups is 1. The van der Waals surface area contributed by atoms with Gasteiger partial charge in [0.15, 0.2) is 0 Å². The molecule has 1 N–H and O–H groups in total. The molecule has 0 saturated heterocycles. The largest absolute Gasteiger partial charge is 0.467 e. The van der Waals surface area contributed by atoms with E-state index in [1.807, 2.05) is 6.07 Å². The number of esters is 1. The lowest BCUT2D eigenvalue weighted by Gasteiger charge is -2.33. The van der Waals surface area contributed by atoms with Crippen molar-refractivity contribution in [2.24, 2.45) is 5.92 Å². The number of nitrogens with one attached hydrogen (secondary N) is 1. The molecule has 0 aromatic heterocycles. The fourth-order valence-corrected chi connectivity index (χ4v) is 3.02. The molecule has 3 nitrogen and oxygen atoms in total. The maximum atomic E-state index is 12.5. The highest BCUT2D eigenvalue weighted by Gasteiger charge is 2.42. The van der Waals surface area contributed by atoms with E-state index in [0.717, 1.165) is 37.8 Å². The zero-order valence-corrected chi connectivity index (χ0v) is 12.7. The second kappa shape index (κ2) is 6.40. The van der Waals surface area contributed by atoms with E-state index in [1.165, 1.54) is 12.7 Å². The van der Waals surface area contributed by atoms with Crippen molar-refractivity contribution in [3.05, 3.63) is 35.4 Å². The predicted molar refractivity (Wildman–Crippen MR) is 80.5 cm³/mol. The van der Waals surface area contributed by atoms with Gasteiger partial charge in [-0.15, -0.1) is 0 Å². The fraction of sp³-hybridized carbons (Fsp3) is 0.588. The van der Waals surface area contributed by atoms with Crippen molar-refractivity contribution in [2.45, 2.75) is 45.1 Å². The second-order valence-corrected chi connectivity index (χ2v) is 6.04. The zero-order chi connectivity index (χ0) is 14.6. The Morgan fingerprint density at radius 1 is 1.35 bits per heavy atom. The van der Waals surface area contributed by atoms with Gasteiger partial charge in [-0.2, -0.15) is 0 Å². The summed E-state index contributed by atoms with van der Waals surface area (Å²) < 4.78 is 5.14. The van der Waals surface area contributed by atoms with Crippen molar-refractivity contribution in [1.82, 2.24) is 5.32 Å². The van der Waals surface area contributed by atoms with Gasteiger partial charge in [-0.05, 0) is 42.9 Å². The number of rotatable bonds is 4. The molecular formula is C17H25NO2. The highest BCUT2D eigenvalue weighted by Crippen LogP contribution is 2.35.